The van der Waals surface area contributed by atoms with Crippen molar-refractivity contribution in [1.82, 2.24) is 0 Å². The molecule has 0 aliphatic heterocycles. The minimum atomic E-state index is -5.00. The van der Waals surface area contributed by atoms with Gasteiger partial charge in [-0.1, -0.05) is 302 Å². The molecule has 0 aromatic heterocycles. The average molecular weight is 1500 g/mol. The zero-order valence-corrected chi connectivity index (χ0v) is 66.7. The van der Waals surface area contributed by atoms with Gasteiger partial charge in [-0.3, -0.25) is 37.3 Å². The van der Waals surface area contributed by atoms with Gasteiger partial charge >= 0.3 is 39.5 Å². The molecule has 5 unspecified atom stereocenters. The molecule has 19 heteroatoms. The molecule has 104 heavy (non-hydrogen) atoms. The minimum Gasteiger partial charge on any atom is -0.462 e. The number of phosphoric ester groups is 2. The molecule has 0 spiro atoms. The van der Waals surface area contributed by atoms with E-state index in [0.29, 0.717) is 38.5 Å². The zero-order valence-electron chi connectivity index (χ0n) is 64.9. The molecular weight excluding hydrogens is 1350 g/mol. The number of allylic oxidation sites excluding steroid dienone is 24. The van der Waals surface area contributed by atoms with E-state index in [-0.39, 0.29) is 25.7 Å². The number of aliphatic hydroxyl groups excluding tert-OH is 1. The number of rotatable bonds is 74. The summed E-state index contributed by atoms with van der Waals surface area (Å²) < 4.78 is 68.5. The monoisotopic (exact) mass is 1500 g/mol. The van der Waals surface area contributed by atoms with Crippen LogP contribution in [0.4, 0.5) is 0 Å². The van der Waals surface area contributed by atoms with Crippen molar-refractivity contribution in [2.75, 3.05) is 39.6 Å². The lowest BCUT2D eigenvalue weighted by atomic mass is 10.0. The smallest absolute Gasteiger partial charge is 0.462 e. The molecule has 0 rings (SSSR count). The van der Waals surface area contributed by atoms with Crippen LogP contribution in [0.1, 0.15) is 310 Å². The van der Waals surface area contributed by atoms with Crippen molar-refractivity contribution in [2.45, 2.75) is 329 Å². The predicted molar refractivity (Wildman–Crippen MR) is 427 cm³/mol. The van der Waals surface area contributed by atoms with Gasteiger partial charge in [0.05, 0.1) is 26.4 Å². The maximum absolute atomic E-state index is 13.1. The van der Waals surface area contributed by atoms with E-state index in [4.69, 9.17) is 37.0 Å². The molecular formula is C85H142O17P2. The normalized spacial score (nSPS) is 14.6. The third-order valence-electron chi connectivity index (χ3n) is 16.3. The highest BCUT2D eigenvalue weighted by atomic mass is 31.2. The fraction of sp³-hybridized carbons (Fsp3) is 0.671. The fourth-order valence-electron chi connectivity index (χ4n) is 10.3. The number of carbonyl (C=O) groups is 4. The SMILES string of the molecule is CC/C=C\C/C=C\C/C=C\C/C=C\C/C=C\C/C=C\CCC(=O)OCC(COP(=O)(O)OCC(O)COP(=O)(O)OCC(COC(=O)CCC/C=C\C/C=C\C/C=C\C/C=C\C/C=C\CC)OC(=O)CCCCCCC/C=C\CCCCCCCC)OC(=O)CCCCCCCCCCCCCCC. The Morgan fingerprint density at radius 1 is 0.279 bits per heavy atom. The molecule has 594 valence electrons. The van der Waals surface area contributed by atoms with Gasteiger partial charge in [-0.05, 0) is 128 Å². The average Bonchev–Trinajstić information content (AvgIpc) is 0.939. The van der Waals surface area contributed by atoms with Crippen LogP contribution in [0, 0.1) is 0 Å². The highest BCUT2D eigenvalue weighted by molar-refractivity contribution is 7.47. The first kappa shape index (κ1) is 98.9. The van der Waals surface area contributed by atoms with Crippen molar-refractivity contribution in [3.63, 3.8) is 0 Å². The maximum atomic E-state index is 13.1. The van der Waals surface area contributed by atoms with Gasteiger partial charge in [0, 0.05) is 25.7 Å². The molecule has 17 nitrogen and oxygen atoms in total. The van der Waals surface area contributed by atoms with Gasteiger partial charge in [0.15, 0.2) is 12.2 Å². The molecule has 0 aromatic rings. The standard InChI is InChI=1S/C85H142O17P2/c1-5-9-13-17-21-25-29-33-36-38-39-41-44-47-50-54-58-62-66-70-83(88)95-75-80(101-84(89)71-67-63-59-55-51-45-32-28-24-20-16-12-8-4)77-99-103(91,92)97-73-79(86)74-98-104(93,94)100-78-81(102-85(90)72-68-64-60-56-52-48-42-35-31-27-23-19-15-11-7-3)76-96-82(87)69-65-61-57-53-49-46-43-40-37-34-30-26-22-18-14-10-6-2/h9-10,13-14,21-22,25-26,33-37,39,41-43,46-47,50,53,57-58,62,79-81,86H,5-8,11-12,15-20,23-24,27-32,38,40,44-45,48-49,51-52,54-56,59-61,63-78H2,1-4H3,(H,91,92)(H,93,94)/b13-9-,14-10-,25-21-,26-22-,36-33-,37-34-,41-39-,42-35-,46-43-,50-47-,57-53-,62-58-. The van der Waals surface area contributed by atoms with E-state index in [0.717, 1.165) is 128 Å². The Labute approximate surface area is 630 Å². The summed E-state index contributed by atoms with van der Waals surface area (Å²) in [5, 5.41) is 10.6. The summed E-state index contributed by atoms with van der Waals surface area (Å²) in [6.07, 6.45) is 87.1. The molecule has 0 aliphatic carbocycles. The Balaban J connectivity index is 5.46. The summed E-state index contributed by atoms with van der Waals surface area (Å²) in [5.74, 6) is -2.35. The number of esters is 4. The summed E-state index contributed by atoms with van der Waals surface area (Å²) >= 11 is 0. The van der Waals surface area contributed by atoms with E-state index in [2.05, 4.69) is 143 Å². The first-order valence-electron chi connectivity index (χ1n) is 40.1. The zero-order chi connectivity index (χ0) is 76.0. The molecule has 0 bridgehead atoms. The van der Waals surface area contributed by atoms with E-state index in [1.54, 1.807) is 0 Å². The Bertz CT molecular complexity index is 2540. The van der Waals surface area contributed by atoms with Crippen LogP contribution in [-0.4, -0.2) is 96.7 Å². The molecule has 0 aliphatic rings. The van der Waals surface area contributed by atoms with Gasteiger partial charge in [-0.2, -0.15) is 0 Å². The summed E-state index contributed by atoms with van der Waals surface area (Å²) in [6, 6.07) is 0. The Morgan fingerprint density at radius 3 is 0.865 bits per heavy atom. The van der Waals surface area contributed by atoms with Crippen LogP contribution < -0.4 is 0 Å². The summed E-state index contributed by atoms with van der Waals surface area (Å²) in [7, 11) is -10.00. The van der Waals surface area contributed by atoms with Gasteiger partial charge in [0.1, 0.15) is 19.3 Å². The van der Waals surface area contributed by atoms with Crippen molar-refractivity contribution in [1.29, 1.82) is 0 Å². The van der Waals surface area contributed by atoms with E-state index in [1.165, 1.54) is 89.9 Å². The lowest BCUT2D eigenvalue weighted by Crippen LogP contribution is -2.30. The number of ether oxygens (including phenoxy) is 4. The van der Waals surface area contributed by atoms with Gasteiger partial charge in [-0.25, -0.2) is 9.13 Å². The molecule has 0 saturated heterocycles. The van der Waals surface area contributed by atoms with Crippen molar-refractivity contribution < 1.29 is 80.2 Å². The molecule has 0 saturated carbocycles. The number of carbonyl (C=O) groups excluding carboxylic acids is 4. The summed E-state index contributed by atoms with van der Waals surface area (Å²) in [6.45, 7) is 4.49. The van der Waals surface area contributed by atoms with Crippen molar-refractivity contribution in [3.05, 3.63) is 146 Å². The maximum Gasteiger partial charge on any atom is 0.472 e. The second-order valence-electron chi connectivity index (χ2n) is 26.2. The van der Waals surface area contributed by atoms with Crippen LogP contribution in [0.5, 0.6) is 0 Å². The lowest BCUT2D eigenvalue weighted by molar-refractivity contribution is -0.161. The Hall–Kier alpha value is -5.06. The van der Waals surface area contributed by atoms with Crippen LogP contribution in [0.3, 0.4) is 0 Å². The van der Waals surface area contributed by atoms with Gasteiger partial charge in [0.2, 0.25) is 0 Å². The highest BCUT2D eigenvalue weighted by Crippen LogP contribution is 2.45. The van der Waals surface area contributed by atoms with Gasteiger partial charge in [0.25, 0.3) is 0 Å². The predicted octanol–water partition coefficient (Wildman–Crippen LogP) is 23.4. The third kappa shape index (κ3) is 75.2. The summed E-state index contributed by atoms with van der Waals surface area (Å²) in [5.41, 5.74) is 0. The van der Waals surface area contributed by atoms with Crippen LogP contribution in [0.15, 0.2) is 146 Å². The van der Waals surface area contributed by atoms with Crippen LogP contribution in [0.2, 0.25) is 0 Å². The molecule has 0 amide bonds. The van der Waals surface area contributed by atoms with Crippen molar-refractivity contribution in [2.24, 2.45) is 0 Å². The highest BCUT2D eigenvalue weighted by Gasteiger charge is 2.30. The van der Waals surface area contributed by atoms with Crippen LogP contribution in [-0.2, 0) is 65.4 Å². The first-order valence-corrected chi connectivity index (χ1v) is 43.1. The Kier molecular flexibility index (Phi) is 72.4. The van der Waals surface area contributed by atoms with E-state index in [9.17, 15) is 43.2 Å². The van der Waals surface area contributed by atoms with E-state index in [1.807, 2.05) is 30.4 Å². The van der Waals surface area contributed by atoms with Crippen LogP contribution >= 0.6 is 15.6 Å². The molecule has 0 radical (unpaired) electrons. The number of unbranched alkanes of at least 4 members (excludes halogenated alkanes) is 24. The molecule has 0 heterocycles. The van der Waals surface area contributed by atoms with E-state index < -0.39 is 97.5 Å². The lowest BCUT2D eigenvalue weighted by Gasteiger charge is -2.21. The van der Waals surface area contributed by atoms with Gasteiger partial charge < -0.3 is 33.8 Å². The minimum absolute atomic E-state index is 0.0334. The summed E-state index contributed by atoms with van der Waals surface area (Å²) in [4.78, 5) is 73.0. The molecule has 0 aromatic carbocycles. The second kappa shape index (κ2) is 76.1. The van der Waals surface area contributed by atoms with Crippen molar-refractivity contribution in [3.8, 4) is 0 Å². The topological polar surface area (TPSA) is 237 Å². The van der Waals surface area contributed by atoms with Crippen molar-refractivity contribution >= 4 is 39.5 Å². The number of hydrogen-bond donors (Lipinski definition) is 3. The second-order valence-corrected chi connectivity index (χ2v) is 29.2. The molecule has 3 N–H and O–H groups in total. The number of hydrogen-bond acceptors (Lipinski definition) is 15. The fourth-order valence-corrected chi connectivity index (χ4v) is 11.9. The largest absolute Gasteiger partial charge is 0.472 e. The number of phosphoric acid groups is 2. The van der Waals surface area contributed by atoms with Crippen LogP contribution in [0.25, 0.3) is 0 Å². The molecule has 0 fully saturated rings. The quantitative estimate of drug-likeness (QED) is 0.0169. The number of aliphatic hydroxyl groups is 1. The first-order chi connectivity index (χ1) is 50.7. The van der Waals surface area contributed by atoms with E-state index >= 15 is 0 Å². The third-order valence-corrected chi connectivity index (χ3v) is 18.2. The molecule has 5 atom stereocenters. The van der Waals surface area contributed by atoms with Gasteiger partial charge in [-0.15, -0.1) is 0 Å². The Morgan fingerprint density at radius 2 is 0.529 bits per heavy atom.